The van der Waals surface area contributed by atoms with E-state index in [-0.39, 0.29) is 17.2 Å². The van der Waals surface area contributed by atoms with E-state index in [0.717, 1.165) is 35.9 Å². The van der Waals surface area contributed by atoms with Gasteiger partial charge in [-0.15, -0.1) is 22.7 Å². The van der Waals surface area contributed by atoms with Gasteiger partial charge >= 0.3 is 0 Å². The van der Waals surface area contributed by atoms with Crippen LogP contribution in [0.2, 0.25) is 0 Å². The van der Waals surface area contributed by atoms with Crippen molar-refractivity contribution < 1.29 is 9.59 Å². The van der Waals surface area contributed by atoms with Crippen LogP contribution in [0.4, 0.5) is 5.00 Å². The predicted molar refractivity (Wildman–Crippen MR) is 118 cm³/mol. The maximum Gasteiger partial charge on any atom is 0.263 e. The SMILES string of the molecule is CCn1c(SCC(=O)Nc2sccc2C(N)=O)nc2sc3c(c2c1=O)CCCC3. The second-order valence-corrected chi connectivity index (χ2v) is 9.64. The van der Waals surface area contributed by atoms with Gasteiger partial charge in [0.1, 0.15) is 9.83 Å². The first-order valence-corrected chi connectivity index (χ1v) is 12.0. The van der Waals surface area contributed by atoms with Crippen molar-refractivity contribution in [2.45, 2.75) is 44.3 Å². The molecule has 1 aliphatic rings. The third-order valence-corrected chi connectivity index (χ3v) is 7.86. The fourth-order valence-corrected chi connectivity index (χ4v) is 6.48. The molecule has 0 aliphatic heterocycles. The highest BCUT2D eigenvalue weighted by Crippen LogP contribution is 2.34. The fourth-order valence-electron chi connectivity index (χ4n) is 3.50. The van der Waals surface area contributed by atoms with Gasteiger partial charge in [0.15, 0.2) is 5.16 Å². The van der Waals surface area contributed by atoms with Crippen LogP contribution in [0.3, 0.4) is 0 Å². The maximum absolute atomic E-state index is 13.1. The monoisotopic (exact) mass is 448 g/mol. The van der Waals surface area contributed by atoms with Gasteiger partial charge < -0.3 is 11.1 Å². The molecule has 10 heteroatoms. The molecule has 0 radical (unpaired) electrons. The van der Waals surface area contributed by atoms with Crippen molar-refractivity contribution in [3.05, 3.63) is 37.8 Å². The smallest absolute Gasteiger partial charge is 0.263 e. The van der Waals surface area contributed by atoms with Gasteiger partial charge in [-0.25, -0.2) is 4.98 Å². The summed E-state index contributed by atoms with van der Waals surface area (Å²) in [6.07, 6.45) is 4.21. The van der Waals surface area contributed by atoms with E-state index in [9.17, 15) is 14.4 Å². The molecule has 3 heterocycles. The van der Waals surface area contributed by atoms with E-state index >= 15 is 0 Å². The summed E-state index contributed by atoms with van der Waals surface area (Å²) in [5.41, 5.74) is 6.76. The van der Waals surface area contributed by atoms with Crippen LogP contribution in [-0.4, -0.2) is 27.1 Å². The molecule has 152 valence electrons. The number of nitrogens with one attached hydrogen (secondary N) is 1. The molecule has 0 unspecified atom stereocenters. The number of hydrogen-bond donors (Lipinski definition) is 2. The molecule has 3 aromatic heterocycles. The van der Waals surface area contributed by atoms with Crippen LogP contribution in [0.5, 0.6) is 0 Å². The number of hydrogen-bond acceptors (Lipinski definition) is 7. The fraction of sp³-hybridized carbons (Fsp3) is 0.368. The van der Waals surface area contributed by atoms with Crippen molar-refractivity contribution in [1.29, 1.82) is 0 Å². The molecule has 1 aliphatic carbocycles. The van der Waals surface area contributed by atoms with Crippen LogP contribution in [0.1, 0.15) is 40.6 Å². The van der Waals surface area contributed by atoms with E-state index in [2.05, 4.69) is 5.32 Å². The minimum Gasteiger partial charge on any atom is -0.366 e. The molecule has 4 rings (SSSR count). The second kappa shape index (κ2) is 8.29. The number of nitrogens with zero attached hydrogens (tertiary/aromatic N) is 2. The quantitative estimate of drug-likeness (QED) is 0.445. The number of primary amides is 1. The Labute approximate surface area is 179 Å². The van der Waals surface area contributed by atoms with E-state index in [1.807, 2.05) is 6.92 Å². The van der Waals surface area contributed by atoms with Crippen LogP contribution < -0.4 is 16.6 Å². The first-order chi connectivity index (χ1) is 14.0. The molecule has 0 bridgehead atoms. The van der Waals surface area contributed by atoms with Crippen molar-refractivity contribution in [2.75, 3.05) is 11.1 Å². The van der Waals surface area contributed by atoms with Crippen molar-refractivity contribution in [3.63, 3.8) is 0 Å². The van der Waals surface area contributed by atoms with Gasteiger partial charge in [0.2, 0.25) is 5.91 Å². The Balaban J connectivity index is 1.57. The predicted octanol–water partition coefficient (Wildman–Crippen LogP) is 3.25. The van der Waals surface area contributed by atoms with Crippen LogP contribution in [0.15, 0.2) is 21.4 Å². The Morgan fingerprint density at radius 1 is 1.34 bits per heavy atom. The standard InChI is InChI=1S/C19H20N4O3S3/c1-2-23-18(26)14-10-5-3-4-6-12(10)29-17(14)22-19(23)28-9-13(24)21-16-11(15(20)25)7-8-27-16/h7-8H,2-6,9H2,1H3,(H2,20,25)(H,21,24). The van der Waals surface area contributed by atoms with E-state index < -0.39 is 5.91 Å². The number of amides is 2. The average Bonchev–Trinajstić information content (AvgIpc) is 3.30. The summed E-state index contributed by atoms with van der Waals surface area (Å²) in [6.45, 7) is 2.40. The Morgan fingerprint density at radius 3 is 2.90 bits per heavy atom. The number of aryl methyl sites for hydroxylation is 2. The number of rotatable bonds is 6. The van der Waals surface area contributed by atoms with Gasteiger partial charge in [-0.3, -0.25) is 19.0 Å². The molecular formula is C19H20N4O3S3. The third kappa shape index (κ3) is 3.84. The van der Waals surface area contributed by atoms with Crippen LogP contribution >= 0.6 is 34.4 Å². The van der Waals surface area contributed by atoms with Crippen LogP contribution in [0, 0.1) is 0 Å². The summed E-state index contributed by atoms with van der Waals surface area (Å²) in [6, 6.07) is 1.58. The summed E-state index contributed by atoms with van der Waals surface area (Å²) in [5, 5.41) is 6.15. The molecule has 3 N–H and O–H groups in total. The van der Waals surface area contributed by atoms with Gasteiger partial charge in [-0.05, 0) is 49.6 Å². The maximum atomic E-state index is 13.1. The van der Waals surface area contributed by atoms with Crippen molar-refractivity contribution in [2.24, 2.45) is 5.73 Å². The van der Waals surface area contributed by atoms with Crippen LogP contribution in [0.25, 0.3) is 10.2 Å². The zero-order chi connectivity index (χ0) is 20.5. The molecule has 0 spiro atoms. The van der Waals surface area contributed by atoms with Crippen molar-refractivity contribution in [3.8, 4) is 0 Å². The molecule has 2 amide bonds. The normalized spacial score (nSPS) is 13.4. The Bertz CT molecular complexity index is 1160. The minimum atomic E-state index is -0.581. The van der Waals surface area contributed by atoms with Gasteiger partial charge in [0.05, 0.1) is 16.7 Å². The molecule has 29 heavy (non-hydrogen) atoms. The number of thiophene rings is 2. The topological polar surface area (TPSA) is 107 Å². The van der Waals surface area contributed by atoms with Gasteiger partial charge in [0, 0.05) is 11.4 Å². The Morgan fingerprint density at radius 2 is 2.14 bits per heavy atom. The lowest BCUT2D eigenvalue weighted by atomic mass is 9.97. The lowest BCUT2D eigenvalue weighted by molar-refractivity contribution is -0.113. The average molecular weight is 449 g/mol. The molecule has 0 fully saturated rings. The summed E-state index contributed by atoms with van der Waals surface area (Å²) in [7, 11) is 0. The number of carbonyl (C=O) groups excluding carboxylic acids is 2. The summed E-state index contributed by atoms with van der Waals surface area (Å²) in [5.74, 6) is -0.774. The Kier molecular flexibility index (Phi) is 5.75. The molecule has 0 saturated heterocycles. The zero-order valence-corrected chi connectivity index (χ0v) is 18.3. The lowest BCUT2D eigenvalue weighted by Gasteiger charge is -2.12. The number of carbonyl (C=O) groups is 2. The summed E-state index contributed by atoms with van der Waals surface area (Å²) < 4.78 is 1.64. The number of fused-ring (bicyclic) bond motifs is 3. The van der Waals surface area contributed by atoms with E-state index in [0.29, 0.717) is 22.3 Å². The van der Waals surface area contributed by atoms with Crippen LogP contribution in [-0.2, 0) is 24.2 Å². The molecule has 0 atom stereocenters. The molecule has 7 nitrogen and oxygen atoms in total. The number of nitrogens with two attached hydrogens (primary N) is 1. The van der Waals surface area contributed by atoms with Gasteiger partial charge in [-0.1, -0.05) is 11.8 Å². The molecule has 3 aromatic rings. The molecule has 0 saturated carbocycles. The summed E-state index contributed by atoms with van der Waals surface area (Å²) >= 11 is 4.07. The first kappa shape index (κ1) is 20.1. The number of thioether (sulfide) groups is 1. The number of anilines is 1. The second-order valence-electron chi connectivity index (χ2n) is 6.70. The highest BCUT2D eigenvalue weighted by molar-refractivity contribution is 7.99. The van der Waals surface area contributed by atoms with Gasteiger partial charge in [-0.2, -0.15) is 0 Å². The molecule has 0 aromatic carbocycles. The number of aromatic nitrogens is 2. The highest BCUT2D eigenvalue weighted by atomic mass is 32.2. The van der Waals surface area contributed by atoms with E-state index in [4.69, 9.17) is 10.7 Å². The van der Waals surface area contributed by atoms with Crippen molar-refractivity contribution in [1.82, 2.24) is 9.55 Å². The first-order valence-electron chi connectivity index (χ1n) is 9.34. The highest BCUT2D eigenvalue weighted by Gasteiger charge is 2.22. The van der Waals surface area contributed by atoms with E-state index in [1.54, 1.807) is 27.4 Å². The largest absolute Gasteiger partial charge is 0.366 e. The molecular weight excluding hydrogens is 428 g/mol. The Hall–Kier alpha value is -2.17. The minimum absolute atomic E-state index is 0.0194. The van der Waals surface area contributed by atoms with E-state index in [1.165, 1.54) is 33.5 Å². The van der Waals surface area contributed by atoms with Gasteiger partial charge in [0.25, 0.3) is 11.5 Å². The lowest BCUT2D eigenvalue weighted by Crippen LogP contribution is -2.24. The third-order valence-electron chi connectivity index (χ3n) is 4.87. The summed E-state index contributed by atoms with van der Waals surface area (Å²) in [4.78, 5) is 43.6. The van der Waals surface area contributed by atoms with Crippen molar-refractivity contribution >= 4 is 61.5 Å². The zero-order valence-electron chi connectivity index (χ0n) is 15.8.